The molecule has 16 heteroatoms. The maximum atomic E-state index is 14.6. The number of carbonyl (C=O) groups is 2. The quantitative estimate of drug-likeness (QED) is 0.0446. The molecule has 3 saturated carbocycles. The second-order valence-electron chi connectivity index (χ2n) is 30.6. The molecule has 2 aliphatic heterocycles. The average Bonchev–Trinajstić information content (AvgIpc) is 1.53. The number of carbonyl (C=O) groups excluding carboxylic acids is 2. The molecule has 1 spiro atoms. The van der Waals surface area contributed by atoms with E-state index in [2.05, 4.69) is 77.5 Å². The number of ketones is 2. The molecule has 98 heavy (non-hydrogen) atoms. The number of aromatic amines is 1. The minimum atomic E-state index is -1.36. The van der Waals surface area contributed by atoms with Gasteiger partial charge in [-0.25, -0.2) is 0 Å². The number of benzene rings is 5. The van der Waals surface area contributed by atoms with Gasteiger partial charge in [0.05, 0.1) is 43.1 Å². The van der Waals surface area contributed by atoms with Crippen molar-refractivity contribution in [2.24, 2.45) is 64.2 Å². The summed E-state index contributed by atoms with van der Waals surface area (Å²) in [5, 5.41) is 75.9. The van der Waals surface area contributed by atoms with E-state index >= 15 is 0 Å². The van der Waals surface area contributed by atoms with E-state index in [4.69, 9.17) is 16.2 Å². The van der Waals surface area contributed by atoms with Crippen LogP contribution in [0.15, 0.2) is 115 Å². The van der Waals surface area contributed by atoms with Gasteiger partial charge in [-0.3, -0.25) is 9.59 Å². The van der Waals surface area contributed by atoms with Crippen LogP contribution in [0, 0.1) is 64.6 Å². The Morgan fingerprint density at radius 1 is 0.673 bits per heavy atom. The zero-order valence-corrected chi connectivity index (χ0v) is 59.1. The van der Waals surface area contributed by atoms with E-state index in [0.29, 0.717) is 91.1 Å². The van der Waals surface area contributed by atoms with Gasteiger partial charge in [0.1, 0.15) is 5.75 Å². The highest BCUT2D eigenvalue weighted by Crippen LogP contribution is 2.60. The summed E-state index contributed by atoms with van der Waals surface area (Å²) in [6.45, 7) is 0.221. The third kappa shape index (κ3) is 13.9. The lowest BCUT2D eigenvalue weighted by Gasteiger charge is -2.52. The van der Waals surface area contributed by atoms with Crippen molar-refractivity contribution in [2.45, 2.75) is 163 Å². The number of aromatic nitrogens is 1. The largest absolute Gasteiger partial charge is 0.508 e. The zero-order valence-electron chi connectivity index (χ0n) is 55.8. The lowest BCUT2D eigenvalue weighted by Crippen LogP contribution is -2.54. The van der Waals surface area contributed by atoms with Gasteiger partial charge < -0.3 is 51.8 Å². The summed E-state index contributed by atoms with van der Waals surface area (Å²) in [4.78, 5) is 32.5. The fourth-order valence-corrected chi connectivity index (χ4v) is 25.1. The van der Waals surface area contributed by atoms with E-state index in [1.807, 2.05) is 35.1 Å². The fourth-order valence-electron chi connectivity index (χ4n) is 19.5. The van der Waals surface area contributed by atoms with Gasteiger partial charge in [-0.05, 0) is 247 Å². The molecule has 7 aliphatic carbocycles. The normalized spacial score (nSPS) is 31.9. The van der Waals surface area contributed by atoms with Crippen LogP contribution < -0.4 is 16.2 Å². The number of nitrogens with one attached hydrogen (secondary N) is 1. The average molecular weight is 1390 g/mol. The van der Waals surface area contributed by atoms with Crippen LogP contribution in [0.2, 0.25) is 0 Å². The number of H-pyrrole nitrogens is 1. The van der Waals surface area contributed by atoms with E-state index in [9.17, 15) is 40.2 Å². The number of aliphatic hydroxyl groups excluding tert-OH is 2. The zero-order chi connectivity index (χ0) is 67.5. The molecule has 15 rings (SSSR count). The van der Waals surface area contributed by atoms with E-state index in [1.54, 1.807) is 68.9 Å². The van der Waals surface area contributed by atoms with Gasteiger partial charge in [-0.15, -0.1) is 0 Å². The van der Waals surface area contributed by atoms with Gasteiger partial charge in [-0.1, -0.05) is 134 Å². The topological polar surface area (TPSA) is 233 Å². The Hall–Kier alpha value is -5.68. The highest BCUT2D eigenvalue weighted by molar-refractivity contribution is 8.77. The Bertz CT molecular complexity index is 4140. The lowest BCUT2D eigenvalue weighted by molar-refractivity contribution is -0.152. The van der Waals surface area contributed by atoms with Gasteiger partial charge in [0, 0.05) is 82.7 Å². The van der Waals surface area contributed by atoms with E-state index in [0.717, 1.165) is 97.1 Å². The molecule has 5 aromatic carbocycles. The predicted molar refractivity (Wildman–Crippen MR) is 395 cm³/mol. The number of ether oxygens (including phenoxy) is 1. The molecule has 0 radical (unpaired) electrons. The molecule has 1 aromatic heterocycles. The number of aromatic hydroxyl groups is 2. The summed E-state index contributed by atoms with van der Waals surface area (Å²) in [5.74, 6) is 9.04. The molecule has 1 saturated heterocycles. The number of aryl methyl sites for hydroxylation is 4. The summed E-state index contributed by atoms with van der Waals surface area (Å²) < 4.78 is 6.32. The first-order valence-electron chi connectivity index (χ1n) is 36.0. The van der Waals surface area contributed by atoms with Crippen molar-refractivity contribution in [1.29, 1.82) is 0 Å². The first-order valence-corrected chi connectivity index (χ1v) is 40.9. The van der Waals surface area contributed by atoms with E-state index < -0.39 is 34.8 Å². The summed E-state index contributed by atoms with van der Waals surface area (Å²) in [7, 11) is 6.98. The predicted octanol–water partition coefficient (Wildman–Crippen LogP) is 14.0. The van der Waals surface area contributed by atoms with Crippen molar-refractivity contribution in [1.82, 2.24) is 4.98 Å². The summed E-state index contributed by atoms with van der Waals surface area (Å²) in [6.07, 6.45) is 20.7. The van der Waals surface area contributed by atoms with Crippen molar-refractivity contribution in [3.63, 3.8) is 0 Å². The second-order valence-corrected chi connectivity index (χ2v) is 35.6. The number of allylic oxidation sites excluding steroid dienone is 3. The Morgan fingerprint density at radius 2 is 1.46 bits per heavy atom. The third-order valence-electron chi connectivity index (χ3n) is 24.8. The van der Waals surface area contributed by atoms with Gasteiger partial charge in [0.15, 0.2) is 23.1 Å². The van der Waals surface area contributed by atoms with Crippen LogP contribution in [0.25, 0.3) is 6.08 Å². The number of phenolic OH excluding ortho intramolecular Hbond substituents is 2. The van der Waals surface area contributed by atoms with Crippen molar-refractivity contribution in [3.05, 3.63) is 199 Å². The van der Waals surface area contributed by atoms with Crippen LogP contribution in [0.4, 0.5) is 0 Å². The molecule has 14 unspecified atom stereocenters. The molecule has 3 heterocycles. The Kier molecular flexibility index (Phi) is 19.9. The standard InChI is InChI=1S/C82H93N3O9S4/c83-79(84)67-34-56-2-1-3-73-64(24-28-85-73)76(90)38-69-65(56)37-60(67)43-95-96-44-61-41-80(27-23-62(87)18-7-50-10-21-75(89)77(33-50)94-29-25-51-9-20-74(88)70(69)32-51)26-22-57-39-81(92)40-59-36-68-66(57)35-58-31-49(8-19-63(58)71(42-86)72(68)45-97-98-47-82(61,93)46-80)5-4-48-6-11-52-12-15-54(78(81)91)16-13-53(59)14-17-55(52)30-48/h6,8-11,14,17,19-21,23-24,27-28,30-34,37,53-54,57,59,61,66,68-69,71-72,78-79,85-86,88-89,91-93H,3-5,7,12-13,15-16,18,22,25-26,29,35-36,38-47,83-84H2. The van der Waals surface area contributed by atoms with Gasteiger partial charge in [0.25, 0.3) is 0 Å². The second kappa shape index (κ2) is 28.6. The van der Waals surface area contributed by atoms with Crippen molar-refractivity contribution >= 4 is 60.8 Å². The molecule has 4 fully saturated rings. The van der Waals surface area contributed by atoms with Crippen molar-refractivity contribution in [3.8, 4) is 29.1 Å². The first kappa shape index (κ1) is 68.1. The number of hydrogen-bond donors (Lipinski definition) is 9. The van der Waals surface area contributed by atoms with Gasteiger partial charge >= 0.3 is 0 Å². The van der Waals surface area contributed by atoms with Crippen molar-refractivity contribution < 1.29 is 45.0 Å². The van der Waals surface area contributed by atoms with Crippen LogP contribution in [-0.2, 0) is 55.5 Å². The highest BCUT2D eigenvalue weighted by atomic mass is 33.1. The number of hydrogen-bond acceptors (Lipinski definition) is 15. The highest BCUT2D eigenvalue weighted by Gasteiger charge is 2.56. The third-order valence-corrected chi connectivity index (χ3v) is 29.7. The monoisotopic (exact) mass is 1390 g/mol. The molecule has 21 bridgehead atoms. The number of aliphatic hydroxyl groups is 4. The molecule has 514 valence electrons. The maximum Gasteiger partial charge on any atom is 0.165 e. The molecule has 9 aliphatic rings. The Morgan fingerprint density at radius 3 is 2.32 bits per heavy atom. The maximum absolute atomic E-state index is 14.6. The number of Topliss-reactive ketones (excluding diaryl/α,β-unsaturated/α-hetero) is 1. The number of fused-ring (bicyclic) bond motifs is 15. The van der Waals surface area contributed by atoms with Crippen LogP contribution in [0.5, 0.6) is 17.2 Å². The van der Waals surface area contributed by atoms with Crippen LogP contribution >= 0.6 is 43.2 Å². The summed E-state index contributed by atoms with van der Waals surface area (Å²) in [6, 6.07) is 30.7. The van der Waals surface area contributed by atoms with Crippen LogP contribution in [0.1, 0.15) is 183 Å². The van der Waals surface area contributed by atoms with Crippen LogP contribution in [0.3, 0.4) is 0 Å². The molecule has 14 atom stereocenters. The Balaban J connectivity index is 0.817. The molecule has 6 aromatic rings. The van der Waals surface area contributed by atoms with Gasteiger partial charge in [-0.2, -0.15) is 0 Å². The Labute approximate surface area is 592 Å². The first-order chi connectivity index (χ1) is 47.5. The minimum Gasteiger partial charge on any atom is -0.508 e. The van der Waals surface area contributed by atoms with Crippen molar-refractivity contribution in [2.75, 3.05) is 30.5 Å². The van der Waals surface area contributed by atoms with Crippen LogP contribution in [-0.4, -0.2) is 95.0 Å². The molecular weight excluding hydrogens is 1300 g/mol. The fraction of sp³-hybridized carbons (Fsp3) is 0.488. The number of phenols is 2. The lowest BCUT2D eigenvalue weighted by atomic mass is 9.56. The molecule has 12 nitrogen and oxygen atoms in total. The summed E-state index contributed by atoms with van der Waals surface area (Å²) in [5.41, 5.74) is 24.6. The van der Waals surface area contributed by atoms with E-state index in [-0.39, 0.29) is 102 Å². The minimum absolute atomic E-state index is 0.0186. The molecular formula is C82H93N3O9S4. The molecule has 0 amide bonds. The van der Waals surface area contributed by atoms with Gasteiger partial charge in [0.2, 0.25) is 0 Å². The number of nitrogens with two attached hydrogens (primary N) is 2. The number of rotatable bonds is 2. The summed E-state index contributed by atoms with van der Waals surface area (Å²) >= 11 is 0. The molecule has 11 N–H and O–H groups in total. The SMILES string of the molecule is NC(N)c1cc2c3cc1CSSCC1CC4(C=CC(=O)CCc5ccc(O)c(c5)OCCc5ccc(O)c(c5)C3CC(=O)c3cc[nH]c3CC#C2)CCC2CC3(O)CC5CC6C2Cc2cc(ccc2C(CO)C6CSSCC1(O)C4)CCc1ccc2c(c1)C=CC5CCC(CC2)C3O. The smallest absolute Gasteiger partial charge is 0.165 e. The van der Waals surface area contributed by atoms with E-state index in [1.165, 1.54) is 33.4 Å².